The molecule has 31 heavy (non-hydrogen) atoms. The van der Waals surface area contributed by atoms with Crippen LogP contribution in [0.3, 0.4) is 0 Å². The predicted octanol–water partition coefficient (Wildman–Crippen LogP) is 4.19. The molecule has 0 aliphatic carbocycles. The Morgan fingerprint density at radius 1 is 0.968 bits per heavy atom. The predicted molar refractivity (Wildman–Crippen MR) is 126 cm³/mol. The number of amides is 1. The topological polar surface area (TPSA) is 101 Å². The van der Waals surface area contributed by atoms with E-state index in [2.05, 4.69) is 17.1 Å². The van der Waals surface area contributed by atoms with E-state index in [4.69, 9.17) is 16.5 Å². The van der Waals surface area contributed by atoms with E-state index >= 15 is 0 Å². The second-order valence-electron chi connectivity index (χ2n) is 8.25. The Morgan fingerprint density at radius 3 is 2.65 bits per heavy atom. The molecule has 158 valence electrons. The van der Waals surface area contributed by atoms with Crippen LogP contribution in [-0.4, -0.2) is 35.0 Å². The second-order valence-corrected chi connectivity index (χ2v) is 8.25. The average molecular weight is 414 g/mol. The molecule has 0 saturated carbocycles. The number of hydrogen-bond acceptors (Lipinski definition) is 4. The lowest BCUT2D eigenvalue weighted by atomic mass is 10.00. The van der Waals surface area contributed by atoms with Gasteiger partial charge < -0.3 is 21.4 Å². The fourth-order valence-electron chi connectivity index (χ4n) is 4.59. The van der Waals surface area contributed by atoms with Gasteiger partial charge in [-0.15, -0.1) is 0 Å². The molecule has 5 N–H and O–H groups in total. The van der Waals surface area contributed by atoms with E-state index in [-0.39, 0.29) is 11.9 Å². The van der Waals surface area contributed by atoms with Crippen molar-refractivity contribution in [3.05, 3.63) is 60.2 Å². The van der Waals surface area contributed by atoms with Gasteiger partial charge in [0.25, 0.3) is 5.91 Å². The van der Waals surface area contributed by atoms with Gasteiger partial charge in [-0.3, -0.25) is 4.79 Å². The number of aromatic nitrogens is 2. The van der Waals surface area contributed by atoms with Crippen LogP contribution in [0.4, 0.5) is 5.69 Å². The molecule has 1 aromatic heterocycles. The van der Waals surface area contributed by atoms with Crippen molar-refractivity contribution in [1.82, 2.24) is 9.97 Å². The third-order valence-electron chi connectivity index (χ3n) is 6.17. The van der Waals surface area contributed by atoms with Gasteiger partial charge in [0.15, 0.2) is 0 Å². The number of imidazole rings is 1. The van der Waals surface area contributed by atoms with E-state index in [0.29, 0.717) is 13.1 Å². The quantitative estimate of drug-likeness (QED) is 0.403. The number of carbonyl (C=O) groups excluding carboxylic acids is 1. The summed E-state index contributed by atoms with van der Waals surface area (Å²) in [5.74, 6) is 0.888. The maximum atomic E-state index is 13.2. The Kier molecular flexibility index (Phi) is 5.18. The molecule has 1 aliphatic rings. The van der Waals surface area contributed by atoms with Crippen LogP contribution in [-0.2, 0) is 0 Å². The molecular weight excluding hydrogens is 386 g/mol. The standard InChI is InChI=1S/C25H27N5O/c26-14-4-6-16(27)7-5-15-30-22-13-12-18(17-8-3-9-19(23(17)22)25(30)31)24-28-20-10-1-2-11-21(20)29-24/h1-3,8-13,16H,4-7,14-15,26-27H2,(H,28,29). The van der Waals surface area contributed by atoms with Gasteiger partial charge in [-0.1, -0.05) is 24.3 Å². The summed E-state index contributed by atoms with van der Waals surface area (Å²) in [5, 5.41) is 2.06. The number of nitrogens with one attached hydrogen (secondary N) is 1. The number of nitrogens with two attached hydrogens (primary N) is 2. The third-order valence-corrected chi connectivity index (χ3v) is 6.17. The normalized spacial score (nSPS) is 14.1. The van der Waals surface area contributed by atoms with Crippen molar-refractivity contribution in [2.24, 2.45) is 11.5 Å². The molecule has 1 atom stereocenters. The van der Waals surface area contributed by atoms with Crippen molar-refractivity contribution in [2.75, 3.05) is 18.0 Å². The number of hydrogen-bond donors (Lipinski definition) is 3. The lowest BCUT2D eigenvalue weighted by Gasteiger charge is -2.19. The first-order valence-corrected chi connectivity index (χ1v) is 11.0. The van der Waals surface area contributed by atoms with Crippen LogP contribution in [0.25, 0.3) is 33.2 Å². The fraction of sp³-hybridized carbons (Fsp3) is 0.280. The molecule has 5 rings (SSSR count). The maximum Gasteiger partial charge on any atom is 0.258 e. The summed E-state index contributed by atoms with van der Waals surface area (Å²) in [6, 6.07) is 18.2. The summed E-state index contributed by atoms with van der Waals surface area (Å²) in [7, 11) is 0. The van der Waals surface area contributed by atoms with Crippen molar-refractivity contribution in [3.8, 4) is 11.4 Å². The van der Waals surface area contributed by atoms with Gasteiger partial charge >= 0.3 is 0 Å². The number of rotatable bonds is 8. The van der Waals surface area contributed by atoms with Crippen LogP contribution in [0.5, 0.6) is 0 Å². The smallest absolute Gasteiger partial charge is 0.258 e. The highest BCUT2D eigenvalue weighted by Gasteiger charge is 2.30. The highest BCUT2D eigenvalue weighted by Crippen LogP contribution is 2.41. The van der Waals surface area contributed by atoms with Crippen LogP contribution in [0.2, 0.25) is 0 Å². The van der Waals surface area contributed by atoms with E-state index in [1.807, 2.05) is 47.4 Å². The minimum Gasteiger partial charge on any atom is -0.338 e. The zero-order valence-electron chi connectivity index (χ0n) is 17.5. The largest absolute Gasteiger partial charge is 0.338 e. The summed E-state index contributed by atoms with van der Waals surface area (Å²) in [5.41, 5.74) is 16.5. The van der Waals surface area contributed by atoms with Gasteiger partial charge in [0.05, 0.1) is 16.7 Å². The first-order chi connectivity index (χ1) is 15.2. The zero-order chi connectivity index (χ0) is 21.4. The van der Waals surface area contributed by atoms with Gasteiger partial charge in [0.1, 0.15) is 5.82 Å². The van der Waals surface area contributed by atoms with Gasteiger partial charge in [-0.2, -0.15) is 0 Å². The molecule has 6 heteroatoms. The monoisotopic (exact) mass is 413 g/mol. The second kappa shape index (κ2) is 8.13. The molecule has 0 fully saturated rings. The van der Waals surface area contributed by atoms with Crippen molar-refractivity contribution in [1.29, 1.82) is 0 Å². The molecule has 2 heterocycles. The van der Waals surface area contributed by atoms with E-state index in [1.165, 1.54) is 0 Å². The number of carbonyl (C=O) groups is 1. The van der Waals surface area contributed by atoms with Crippen LogP contribution in [0.1, 0.15) is 36.0 Å². The third kappa shape index (κ3) is 3.48. The molecule has 0 spiro atoms. The Hall–Kier alpha value is -3.22. The molecule has 1 unspecified atom stereocenters. The molecule has 1 amide bonds. The molecule has 0 saturated heterocycles. The maximum absolute atomic E-state index is 13.2. The number of aromatic amines is 1. The fourth-order valence-corrected chi connectivity index (χ4v) is 4.59. The molecule has 0 radical (unpaired) electrons. The Bertz CT molecular complexity index is 1230. The first-order valence-electron chi connectivity index (χ1n) is 11.0. The number of anilines is 1. The van der Waals surface area contributed by atoms with Crippen molar-refractivity contribution >= 4 is 33.4 Å². The van der Waals surface area contributed by atoms with Gasteiger partial charge in [0, 0.05) is 29.1 Å². The van der Waals surface area contributed by atoms with Gasteiger partial charge in [-0.25, -0.2) is 4.98 Å². The molecule has 0 bridgehead atoms. The summed E-state index contributed by atoms with van der Waals surface area (Å²) in [4.78, 5) is 23.3. The highest BCUT2D eigenvalue weighted by molar-refractivity contribution is 6.26. The van der Waals surface area contributed by atoms with Crippen LogP contribution in [0, 0.1) is 0 Å². The number of benzene rings is 3. The summed E-state index contributed by atoms with van der Waals surface area (Å²) >= 11 is 0. The first kappa shape index (κ1) is 19.7. The van der Waals surface area contributed by atoms with Gasteiger partial charge in [-0.05, 0) is 67.9 Å². The molecule has 1 aliphatic heterocycles. The van der Waals surface area contributed by atoms with Crippen molar-refractivity contribution in [3.63, 3.8) is 0 Å². The van der Waals surface area contributed by atoms with Crippen LogP contribution in [0.15, 0.2) is 54.6 Å². The van der Waals surface area contributed by atoms with Crippen LogP contribution < -0.4 is 16.4 Å². The van der Waals surface area contributed by atoms with E-state index < -0.39 is 0 Å². The zero-order valence-corrected chi connectivity index (χ0v) is 17.5. The molecule has 6 nitrogen and oxygen atoms in total. The summed E-state index contributed by atoms with van der Waals surface area (Å²) < 4.78 is 0. The minimum absolute atomic E-state index is 0.0675. The number of para-hydroxylation sites is 2. The molecule has 3 aromatic carbocycles. The SMILES string of the molecule is NCCCC(N)CCCN1C(=O)c2cccc3c(-c4nc5ccccc5[nH]4)ccc1c23. The Morgan fingerprint density at radius 2 is 1.81 bits per heavy atom. The Labute approximate surface area is 181 Å². The van der Waals surface area contributed by atoms with E-state index in [9.17, 15) is 4.79 Å². The Balaban J connectivity index is 1.46. The van der Waals surface area contributed by atoms with Crippen molar-refractivity contribution in [2.45, 2.75) is 31.7 Å². The minimum atomic E-state index is 0.0675. The molecule has 4 aromatic rings. The highest BCUT2D eigenvalue weighted by atomic mass is 16.2. The van der Waals surface area contributed by atoms with Gasteiger partial charge in [0.2, 0.25) is 0 Å². The molecular formula is C25H27N5O. The van der Waals surface area contributed by atoms with Crippen molar-refractivity contribution < 1.29 is 4.79 Å². The summed E-state index contributed by atoms with van der Waals surface area (Å²) in [6.45, 7) is 1.34. The average Bonchev–Trinajstić information content (AvgIpc) is 3.34. The number of fused-ring (bicyclic) bond motifs is 1. The van der Waals surface area contributed by atoms with E-state index in [1.54, 1.807) is 0 Å². The van der Waals surface area contributed by atoms with E-state index in [0.717, 1.165) is 70.1 Å². The number of nitrogens with zero attached hydrogens (tertiary/aromatic N) is 2. The van der Waals surface area contributed by atoms with Crippen LogP contribution >= 0.6 is 0 Å². The number of H-pyrrole nitrogens is 1. The lowest BCUT2D eigenvalue weighted by molar-refractivity contribution is 0.0992. The summed E-state index contributed by atoms with van der Waals surface area (Å²) in [6.07, 6.45) is 3.64. The lowest BCUT2D eigenvalue weighted by Crippen LogP contribution is -2.29.